The molecule has 0 saturated heterocycles. The predicted octanol–water partition coefficient (Wildman–Crippen LogP) is 5.69. The minimum Gasteiger partial charge on any atom is -0.496 e. The van der Waals surface area contributed by atoms with Gasteiger partial charge in [0.25, 0.3) is 0 Å². The summed E-state index contributed by atoms with van der Waals surface area (Å²) < 4.78 is 19.3. The Hall–Kier alpha value is -4.33. The molecular weight excluding hydrogens is 482 g/mol. The number of amides is 1. The third kappa shape index (κ3) is 5.20. The lowest BCUT2D eigenvalue weighted by atomic mass is 9.93. The van der Waals surface area contributed by atoms with Crippen molar-refractivity contribution in [2.45, 2.75) is 45.3 Å². The van der Waals surface area contributed by atoms with Crippen LogP contribution in [0.4, 0.5) is 5.69 Å². The third-order valence-corrected chi connectivity index (χ3v) is 6.92. The Labute approximate surface area is 221 Å². The molecule has 1 amide bonds. The summed E-state index contributed by atoms with van der Waals surface area (Å²) in [6, 6.07) is 19.5. The van der Waals surface area contributed by atoms with Crippen molar-refractivity contribution in [3.63, 3.8) is 0 Å². The average Bonchev–Trinajstić information content (AvgIpc) is 3.23. The van der Waals surface area contributed by atoms with Crippen LogP contribution in [0.5, 0.6) is 11.5 Å². The van der Waals surface area contributed by atoms with E-state index in [0.717, 1.165) is 46.1 Å². The highest BCUT2D eigenvalue weighted by molar-refractivity contribution is 5.91. The van der Waals surface area contributed by atoms with E-state index >= 15 is 0 Å². The monoisotopic (exact) mass is 513 g/mol. The molecule has 1 heterocycles. The van der Waals surface area contributed by atoms with Crippen LogP contribution in [0.25, 0.3) is 22.0 Å². The van der Waals surface area contributed by atoms with Crippen molar-refractivity contribution in [3.05, 3.63) is 71.9 Å². The minimum absolute atomic E-state index is 0.152. The number of fused-ring (bicyclic) bond motifs is 1. The average molecular weight is 514 g/mol. The van der Waals surface area contributed by atoms with E-state index in [1.807, 2.05) is 54.6 Å². The molecule has 1 aliphatic rings. The van der Waals surface area contributed by atoms with Gasteiger partial charge in [-0.3, -0.25) is 14.3 Å². The van der Waals surface area contributed by atoms with Gasteiger partial charge in [0, 0.05) is 28.3 Å². The molecule has 1 saturated carbocycles. The molecule has 0 atom stereocenters. The van der Waals surface area contributed by atoms with Gasteiger partial charge in [-0.2, -0.15) is 5.10 Å². The van der Waals surface area contributed by atoms with Gasteiger partial charge in [-0.25, -0.2) is 0 Å². The number of aromatic nitrogens is 2. The van der Waals surface area contributed by atoms with Gasteiger partial charge in [0.2, 0.25) is 6.41 Å². The molecule has 3 aromatic carbocycles. The summed E-state index contributed by atoms with van der Waals surface area (Å²) in [6.07, 6.45) is 4.14. The first-order chi connectivity index (χ1) is 18.6. The lowest BCUT2D eigenvalue weighted by Gasteiger charge is -2.27. The first-order valence-electron chi connectivity index (χ1n) is 12.9. The van der Waals surface area contributed by atoms with Gasteiger partial charge in [0.05, 0.1) is 37.4 Å². The first-order valence-corrected chi connectivity index (χ1v) is 12.9. The fraction of sp³-hybridized carbons (Fsp3) is 0.300. The van der Waals surface area contributed by atoms with Gasteiger partial charge in [-0.05, 0) is 56.0 Å². The van der Waals surface area contributed by atoms with Gasteiger partial charge < -0.3 is 19.5 Å². The summed E-state index contributed by atoms with van der Waals surface area (Å²) in [4.78, 5) is 23.1. The molecule has 38 heavy (non-hydrogen) atoms. The van der Waals surface area contributed by atoms with Crippen LogP contribution in [0.15, 0.2) is 60.7 Å². The molecule has 5 rings (SSSR count). The Morgan fingerprint density at radius 3 is 2.68 bits per heavy atom. The lowest BCUT2D eigenvalue weighted by Crippen LogP contribution is -2.21. The molecule has 8 heteroatoms. The van der Waals surface area contributed by atoms with Crippen LogP contribution in [-0.2, 0) is 27.4 Å². The summed E-state index contributed by atoms with van der Waals surface area (Å²) in [5, 5.41) is 8.64. The maximum absolute atomic E-state index is 12.1. The second kappa shape index (κ2) is 11.4. The highest BCUT2D eigenvalue weighted by Crippen LogP contribution is 2.39. The van der Waals surface area contributed by atoms with Crippen molar-refractivity contribution in [3.8, 4) is 22.6 Å². The molecule has 1 N–H and O–H groups in total. The van der Waals surface area contributed by atoms with E-state index in [1.165, 1.54) is 6.42 Å². The van der Waals surface area contributed by atoms with E-state index in [2.05, 4.69) is 16.1 Å². The molecule has 0 unspecified atom stereocenters. The van der Waals surface area contributed by atoms with Crippen molar-refractivity contribution in [1.29, 1.82) is 0 Å². The number of anilines is 1. The van der Waals surface area contributed by atoms with Crippen molar-refractivity contribution in [1.82, 2.24) is 9.78 Å². The lowest BCUT2D eigenvalue weighted by molar-refractivity contribution is -0.142. The number of ether oxygens (including phenoxy) is 3. The van der Waals surface area contributed by atoms with E-state index < -0.39 is 0 Å². The van der Waals surface area contributed by atoms with Gasteiger partial charge in [-0.1, -0.05) is 30.3 Å². The van der Waals surface area contributed by atoms with E-state index in [0.29, 0.717) is 42.9 Å². The molecule has 196 valence electrons. The van der Waals surface area contributed by atoms with Gasteiger partial charge >= 0.3 is 5.97 Å². The smallest absolute Gasteiger partial charge is 0.310 e. The highest BCUT2D eigenvalue weighted by Gasteiger charge is 2.26. The first kappa shape index (κ1) is 25.3. The maximum atomic E-state index is 12.1. The minimum atomic E-state index is -0.281. The number of nitrogens with zero attached hydrogens (tertiary/aromatic N) is 2. The molecule has 0 aliphatic heterocycles. The standard InChI is InChI=1S/C30H31N3O5/c1-3-37-30(35)15-21-8-4-5-13-28(21)38-18-27-25-16-24(20-9-6-10-22(14-20)31-19-34)29(36-2)17-26(25)32-33(27)23-11-7-12-23/h4-6,8-10,13-14,16-17,19,23H,3,7,11-12,15,18H2,1-2H3,(H,31,34). The fourth-order valence-corrected chi connectivity index (χ4v) is 4.80. The number of benzene rings is 3. The highest BCUT2D eigenvalue weighted by atomic mass is 16.5. The summed E-state index contributed by atoms with van der Waals surface area (Å²) in [5.74, 6) is 1.07. The Kier molecular flexibility index (Phi) is 7.58. The molecule has 1 aliphatic carbocycles. The Bertz CT molecular complexity index is 1460. The van der Waals surface area contributed by atoms with E-state index in [-0.39, 0.29) is 12.4 Å². The third-order valence-electron chi connectivity index (χ3n) is 6.92. The number of esters is 1. The Balaban J connectivity index is 1.54. The number of nitrogens with one attached hydrogen (secondary N) is 1. The van der Waals surface area contributed by atoms with Crippen molar-refractivity contribution < 1.29 is 23.8 Å². The number of hydrogen-bond donors (Lipinski definition) is 1. The topological polar surface area (TPSA) is 91.7 Å². The van der Waals surface area contributed by atoms with Crippen molar-refractivity contribution >= 4 is 29.0 Å². The molecule has 4 aromatic rings. The van der Waals surface area contributed by atoms with E-state index in [9.17, 15) is 9.59 Å². The van der Waals surface area contributed by atoms with E-state index in [1.54, 1.807) is 14.0 Å². The second-order valence-corrected chi connectivity index (χ2v) is 9.27. The van der Waals surface area contributed by atoms with Crippen LogP contribution in [0.1, 0.15) is 43.5 Å². The quantitative estimate of drug-likeness (QED) is 0.205. The van der Waals surface area contributed by atoms with Crippen LogP contribution >= 0.6 is 0 Å². The van der Waals surface area contributed by atoms with Crippen LogP contribution in [0.2, 0.25) is 0 Å². The maximum Gasteiger partial charge on any atom is 0.310 e. The number of carbonyl (C=O) groups excluding carboxylic acids is 2. The van der Waals surface area contributed by atoms with Crippen LogP contribution in [0.3, 0.4) is 0 Å². The summed E-state index contributed by atoms with van der Waals surface area (Å²) >= 11 is 0. The largest absolute Gasteiger partial charge is 0.496 e. The zero-order chi connectivity index (χ0) is 26.5. The normalized spacial score (nSPS) is 13.1. The van der Waals surface area contributed by atoms with Crippen LogP contribution < -0.4 is 14.8 Å². The van der Waals surface area contributed by atoms with Gasteiger partial charge in [-0.15, -0.1) is 0 Å². The number of methoxy groups -OCH3 is 1. The predicted molar refractivity (Wildman–Crippen MR) is 145 cm³/mol. The molecule has 8 nitrogen and oxygen atoms in total. The molecule has 0 radical (unpaired) electrons. The second-order valence-electron chi connectivity index (χ2n) is 9.27. The van der Waals surface area contributed by atoms with E-state index in [4.69, 9.17) is 19.3 Å². The molecule has 0 spiro atoms. The fourth-order valence-electron chi connectivity index (χ4n) is 4.80. The zero-order valence-electron chi connectivity index (χ0n) is 21.6. The summed E-state index contributed by atoms with van der Waals surface area (Å²) in [6.45, 7) is 2.44. The van der Waals surface area contributed by atoms with Crippen molar-refractivity contribution in [2.75, 3.05) is 19.0 Å². The number of para-hydroxylation sites is 1. The molecule has 0 bridgehead atoms. The molecular formula is C30H31N3O5. The molecule has 1 aromatic heterocycles. The van der Waals surface area contributed by atoms with Crippen LogP contribution in [-0.4, -0.2) is 35.9 Å². The Morgan fingerprint density at radius 1 is 1.11 bits per heavy atom. The zero-order valence-corrected chi connectivity index (χ0v) is 21.6. The number of rotatable bonds is 11. The van der Waals surface area contributed by atoms with Crippen LogP contribution in [0, 0.1) is 0 Å². The number of carbonyl (C=O) groups is 2. The number of hydrogen-bond acceptors (Lipinski definition) is 6. The van der Waals surface area contributed by atoms with Crippen molar-refractivity contribution in [2.24, 2.45) is 0 Å². The molecule has 1 fully saturated rings. The SMILES string of the molecule is CCOC(=O)Cc1ccccc1OCc1c2cc(-c3cccc(NC=O)c3)c(OC)cc2nn1C1CCC1. The summed E-state index contributed by atoms with van der Waals surface area (Å²) in [5.41, 5.74) is 5.10. The Morgan fingerprint density at radius 2 is 1.95 bits per heavy atom. The van der Waals surface area contributed by atoms with Gasteiger partial charge in [0.15, 0.2) is 0 Å². The summed E-state index contributed by atoms with van der Waals surface area (Å²) in [7, 11) is 1.64. The van der Waals surface area contributed by atoms with Gasteiger partial charge in [0.1, 0.15) is 18.1 Å².